The second-order valence-electron chi connectivity index (χ2n) is 2.44. The maximum atomic E-state index is 10.2. The SMILES string of the molecule is CC(C)(C)[P+](=O)O. The Morgan fingerprint density at radius 3 is 1.57 bits per heavy atom. The van der Waals surface area contributed by atoms with Crippen LogP contribution in [0.5, 0.6) is 0 Å². The summed E-state index contributed by atoms with van der Waals surface area (Å²) >= 11 is 0. The fourth-order valence-corrected chi connectivity index (χ4v) is 0. The Kier molecular flexibility index (Phi) is 1.91. The monoisotopic (exact) mass is 121 g/mol. The highest BCUT2D eigenvalue weighted by atomic mass is 31.1. The number of rotatable bonds is 0. The molecule has 1 N–H and O–H groups in total. The largest absolute Gasteiger partial charge is 0.510 e. The van der Waals surface area contributed by atoms with Crippen molar-refractivity contribution < 1.29 is 9.46 Å². The van der Waals surface area contributed by atoms with Gasteiger partial charge in [-0.05, 0) is 25.3 Å². The van der Waals surface area contributed by atoms with Crippen LogP contribution in [0.4, 0.5) is 0 Å². The lowest BCUT2D eigenvalue weighted by atomic mass is 10.3. The van der Waals surface area contributed by atoms with Crippen LogP contribution in [-0.2, 0) is 4.57 Å². The van der Waals surface area contributed by atoms with Gasteiger partial charge in [0.05, 0.1) is 0 Å². The van der Waals surface area contributed by atoms with E-state index in [2.05, 4.69) is 0 Å². The van der Waals surface area contributed by atoms with E-state index in [-0.39, 0.29) is 0 Å². The van der Waals surface area contributed by atoms with Crippen LogP contribution in [0.15, 0.2) is 0 Å². The predicted molar refractivity (Wildman–Crippen MR) is 29.6 cm³/mol. The third-order valence-electron chi connectivity index (χ3n) is 0.574. The molecule has 0 aromatic carbocycles. The third-order valence-corrected chi connectivity index (χ3v) is 1.72. The van der Waals surface area contributed by atoms with Crippen LogP contribution in [0.1, 0.15) is 20.8 Å². The van der Waals surface area contributed by atoms with Crippen molar-refractivity contribution in [1.82, 2.24) is 0 Å². The quantitative estimate of drug-likeness (QED) is 0.493. The molecule has 3 heteroatoms. The summed E-state index contributed by atoms with van der Waals surface area (Å²) in [5, 5.41) is -0.435. The summed E-state index contributed by atoms with van der Waals surface area (Å²) in [6.07, 6.45) is 0. The summed E-state index contributed by atoms with van der Waals surface area (Å²) in [6, 6.07) is 0. The van der Waals surface area contributed by atoms with E-state index in [0.717, 1.165) is 0 Å². The standard InChI is InChI=1S/C4H9O2P/c1-4(2,3)7(5)6/h1-3H3/p+1. The van der Waals surface area contributed by atoms with Gasteiger partial charge in [0.1, 0.15) is 0 Å². The molecular formula is C4H10O2P+. The van der Waals surface area contributed by atoms with E-state index < -0.39 is 13.2 Å². The van der Waals surface area contributed by atoms with E-state index >= 15 is 0 Å². The number of hydrogen-bond donors (Lipinski definition) is 1. The van der Waals surface area contributed by atoms with Crippen LogP contribution in [0.25, 0.3) is 0 Å². The fraction of sp³-hybridized carbons (Fsp3) is 1.00. The molecule has 7 heavy (non-hydrogen) atoms. The van der Waals surface area contributed by atoms with Gasteiger partial charge in [-0.1, -0.05) is 0 Å². The summed E-state index contributed by atoms with van der Waals surface area (Å²) in [5.74, 6) is 0. The lowest BCUT2D eigenvalue weighted by Crippen LogP contribution is -2.05. The van der Waals surface area contributed by atoms with Crippen molar-refractivity contribution in [3.63, 3.8) is 0 Å². The molecule has 0 bridgehead atoms. The highest BCUT2D eigenvalue weighted by Crippen LogP contribution is 2.32. The Hall–Kier alpha value is 0.0600. The highest BCUT2D eigenvalue weighted by Gasteiger charge is 2.32. The molecule has 0 saturated carbocycles. The van der Waals surface area contributed by atoms with Gasteiger partial charge in [0.25, 0.3) is 0 Å². The molecule has 0 amide bonds. The van der Waals surface area contributed by atoms with Gasteiger partial charge in [-0.2, -0.15) is 4.89 Å². The average Bonchev–Trinajstić information content (AvgIpc) is 1.31. The van der Waals surface area contributed by atoms with E-state index in [0.29, 0.717) is 0 Å². The van der Waals surface area contributed by atoms with E-state index in [4.69, 9.17) is 4.89 Å². The molecule has 0 heterocycles. The summed E-state index contributed by atoms with van der Waals surface area (Å²) in [4.78, 5) is 8.40. The first-order chi connectivity index (χ1) is 2.94. The molecule has 0 saturated heterocycles. The van der Waals surface area contributed by atoms with Gasteiger partial charge in [0.15, 0.2) is 5.16 Å². The molecule has 0 rings (SSSR count). The lowest BCUT2D eigenvalue weighted by molar-refractivity contribution is 0.473. The van der Waals surface area contributed by atoms with Gasteiger partial charge in [0.2, 0.25) is 0 Å². The van der Waals surface area contributed by atoms with Crippen LogP contribution < -0.4 is 0 Å². The van der Waals surface area contributed by atoms with Gasteiger partial charge in [-0.15, -0.1) is 0 Å². The van der Waals surface area contributed by atoms with E-state index in [9.17, 15) is 4.57 Å². The molecule has 2 nitrogen and oxygen atoms in total. The molecular weight excluding hydrogens is 111 g/mol. The van der Waals surface area contributed by atoms with Crippen LogP contribution in [0.3, 0.4) is 0 Å². The molecule has 0 aliphatic rings. The second kappa shape index (κ2) is 1.89. The van der Waals surface area contributed by atoms with Crippen LogP contribution in [-0.4, -0.2) is 10.0 Å². The van der Waals surface area contributed by atoms with Gasteiger partial charge < -0.3 is 0 Å². The van der Waals surface area contributed by atoms with E-state index in [1.165, 1.54) is 0 Å². The highest BCUT2D eigenvalue weighted by molar-refractivity contribution is 7.39. The minimum Gasteiger partial charge on any atom is -0.160 e. The van der Waals surface area contributed by atoms with Crippen molar-refractivity contribution in [3.05, 3.63) is 0 Å². The minimum absolute atomic E-state index is 0.435. The Balaban J connectivity index is 3.79. The zero-order valence-corrected chi connectivity index (χ0v) is 5.70. The Morgan fingerprint density at radius 1 is 1.43 bits per heavy atom. The fourth-order valence-electron chi connectivity index (χ4n) is 0. The Bertz CT molecular complexity index is 82.2. The molecule has 0 aliphatic carbocycles. The average molecular weight is 121 g/mol. The van der Waals surface area contributed by atoms with Gasteiger partial charge >= 0.3 is 8.03 Å². The maximum absolute atomic E-state index is 10.2. The van der Waals surface area contributed by atoms with Crippen LogP contribution in [0, 0.1) is 0 Å². The molecule has 42 valence electrons. The van der Waals surface area contributed by atoms with E-state index in [1.807, 2.05) is 0 Å². The van der Waals surface area contributed by atoms with Crippen molar-refractivity contribution in [1.29, 1.82) is 0 Å². The lowest BCUT2D eigenvalue weighted by Gasteiger charge is -1.96. The first-order valence-corrected chi connectivity index (χ1v) is 3.32. The van der Waals surface area contributed by atoms with Crippen molar-refractivity contribution in [3.8, 4) is 0 Å². The molecule has 0 aliphatic heterocycles. The molecule has 0 aromatic rings. The summed E-state index contributed by atoms with van der Waals surface area (Å²) in [6.45, 7) is 5.18. The number of hydrogen-bond acceptors (Lipinski definition) is 1. The second-order valence-corrected chi connectivity index (χ2v) is 4.33. The van der Waals surface area contributed by atoms with Crippen molar-refractivity contribution in [2.45, 2.75) is 25.9 Å². The van der Waals surface area contributed by atoms with Crippen LogP contribution >= 0.6 is 8.03 Å². The first-order valence-electron chi connectivity index (χ1n) is 2.11. The minimum atomic E-state index is -1.99. The van der Waals surface area contributed by atoms with Crippen molar-refractivity contribution >= 4 is 8.03 Å². The third kappa shape index (κ3) is 2.72. The van der Waals surface area contributed by atoms with Gasteiger partial charge in [-0.3, -0.25) is 0 Å². The smallest absolute Gasteiger partial charge is 0.160 e. The maximum Gasteiger partial charge on any atom is 0.510 e. The zero-order valence-electron chi connectivity index (χ0n) is 4.80. The Labute approximate surface area is 44.4 Å². The van der Waals surface area contributed by atoms with Crippen LogP contribution in [0.2, 0.25) is 0 Å². The summed E-state index contributed by atoms with van der Waals surface area (Å²) in [5.41, 5.74) is 0. The molecule has 0 spiro atoms. The predicted octanol–water partition coefficient (Wildman–Crippen LogP) is 1.52. The molecule has 0 aromatic heterocycles. The summed E-state index contributed by atoms with van der Waals surface area (Å²) in [7, 11) is -1.99. The van der Waals surface area contributed by atoms with E-state index in [1.54, 1.807) is 20.8 Å². The van der Waals surface area contributed by atoms with Gasteiger partial charge in [0, 0.05) is 0 Å². The molecule has 1 unspecified atom stereocenters. The zero-order chi connectivity index (χ0) is 6.08. The topological polar surface area (TPSA) is 37.3 Å². The normalized spacial score (nSPS) is 14.0. The van der Waals surface area contributed by atoms with Crippen molar-refractivity contribution in [2.24, 2.45) is 0 Å². The molecule has 0 fully saturated rings. The molecule has 1 atom stereocenters. The Morgan fingerprint density at radius 2 is 1.57 bits per heavy atom. The molecule has 0 radical (unpaired) electrons. The first kappa shape index (κ1) is 7.06. The van der Waals surface area contributed by atoms with Crippen molar-refractivity contribution in [2.75, 3.05) is 0 Å². The summed E-state index contributed by atoms with van der Waals surface area (Å²) < 4.78 is 10.2. The van der Waals surface area contributed by atoms with Gasteiger partial charge in [-0.25, -0.2) is 0 Å².